The van der Waals surface area contributed by atoms with Crippen molar-refractivity contribution in [2.24, 2.45) is 0 Å². The van der Waals surface area contributed by atoms with E-state index in [1.807, 2.05) is 0 Å². The van der Waals surface area contributed by atoms with Gasteiger partial charge >= 0.3 is 0 Å². The summed E-state index contributed by atoms with van der Waals surface area (Å²) < 4.78 is 11.2. The van der Waals surface area contributed by atoms with Gasteiger partial charge in [0.25, 0.3) is 0 Å². The number of fused-ring (bicyclic) bond motifs is 2. The first-order valence-electron chi connectivity index (χ1n) is 9.18. The zero-order chi connectivity index (χ0) is 19.7. The van der Waals surface area contributed by atoms with Crippen LogP contribution in [0.15, 0.2) is 30.3 Å². The minimum absolute atomic E-state index is 0. The Morgan fingerprint density at radius 1 is 1.03 bits per heavy atom. The van der Waals surface area contributed by atoms with E-state index in [1.165, 1.54) is 0 Å². The number of alkyl halides is 1. The normalized spacial score (nSPS) is 16.0. The summed E-state index contributed by atoms with van der Waals surface area (Å²) in [6.45, 7) is 4.18. The number of rotatable bonds is 5. The average Bonchev–Trinajstić information content (AvgIpc) is 2.72. The molecule has 1 N–H and O–H groups in total. The number of nitrogens with zero attached hydrogens (tertiary/aromatic N) is 1. The molecule has 0 amide bonds. The Morgan fingerprint density at radius 2 is 1.76 bits per heavy atom. The van der Waals surface area contributed by atoms with Crippen LogP contribution in [0, 0.1) is 0 Å². The second-order valence-corrected chi connectivity index (χ2v) is 7.04. The lowest BCUT2D eigenvalue weighted by atomic mass is 9.82. The third-order valence-corrected chi connectivity index (χ3v) is 5.43. The summed E-state index contributed by atoms with van der Waals surface area (Å²) in [7, 11) is 0. The Balaban J connectivity index is 0.00000240. The summed E-state index contributed by atoms with van der Waals surface area (Å²) in [5.74, 6) is -0.564. The Bertz CT molecular complexity index is 941. The van der Waals surface area contributed by atoms with Crippen LogP contribution in [-0.2, 0) is 10.6 Å². The number of aromatic hydroxyl groups is 1. The van der Waals surface area contributed by atoms with Crippen LogP contribution in [0.3, 0.4) is 0 Å². The van der Waals surface area contributed by atoms with Crippen molar-refractivity contribution >= 4 is 35.6 Å². The summed E-state index contributed by atoms with van der Waals surface area (Å²) >= 11 is 5.84. The monoisotopic (exact) mass is 437 g/mol. The van der Waals surface area contributed by atoms with Gasteiger partial charge in [-0.1, -0.05) is 18.2 Å². The van der Waals surface area contributed by atoms with Gasteiger partial charge in [0.15, 0.2) is 5.78 Å². The molecule has 2 aliphatic rings. The zero-order valence-corrected chi connectivity index (χ0v) is 17.2. The number of carbonyl (C=O) groups is 2. The van der Waals surface area contributed by atoms with Gasteiger partial charge in [-0.25, -0.2) is 0 Å². The molecule has 1 aliphatic carbocycles. The molecule has 0 unspecified atom stereocenters. The smallest absolute Gasteiger partial charge is 0.201 e. The molecular weight excluding hydrogens is 417 g/mol. The van der Waals surface area contributed by atoms with Gasteiger partial charge in [0.2, 0.25) is 5.78 Å². The maximum Gasteiger partial charge on any atom is 0.201 e. The molecule has 0 radical (unpaired) electrons. The summed E-state index contributed by atoms with van der Waals surface area (Å²) in [6, 6.07) is 8.10. The van der Waals surface area contributed by atoms with Gasteiger partial charge in [0.1, 0.15) is 18.1 Å². The Morgan fingerprint density at radius 3 is 2.48 bits per heavy atom. The standard InChI is InChI=1S/C21H20ClNO5.ClH/c22-12-13-4-5-15-18(19(13)24)21(26)17-14(20(15)25)2-1-3-16(17)28-11-8-23-6-9-27-10-7-23;/h1-5,24H,6-12H2;1H. The van der Waals surface area contributed by atoms with Crippen molar-refractivity contribution in [3.8, 4) is 11.5 Å². The van der Waals surface area contributed by atoms with Gasteiger partial charge < -0.3 is 14.6 Å². The average molecular weight is 438 g/mol. The van der Waals surface area contributed by atoms with E-state index in [0.29, 0.717) is 43.2 Å². The highest BCUT2D eigenvalue weighted by Gasteiger charge is 2.35. The number of ketones is 2. The summed E-state index contributed by atoms with van der Waals surface area (Å²) in [4.78, 5) is 28.3. The maximum absolute atomic E-state index is 13.2. The second-order valence-electron chi connectivity index (χ2n) is 6.77. The zero-order valence-electron chi connectivity index (χ0n) is 15.7. The van der Waals surface area contributed by atoms with E-state index in [0.717, 1.165) is 13.1 Å². The molecule has 8 heteroatoms. The number of hydrogen-bond donors (Lipinski definition) is 1. The lowest BCUT2D eigenvalue weighted by molar-refractivity contribution is 0.0322. The topological polar surface area (TPSA) is 76.1 Å². The van der Waals surface area contributed by atoms with Crippen LogP contribution >= 0.6 is 24.0 Å². The SMILES string of the molecule is Cl.O=C1c2cccc(OCCN3CCOCC3)c2C(=O)c2c1ccc(CCl)c2O. The highest BCUT2D eigenvalue weighted by atomic mass is 35.5. The molecule has 2 aromatic carbocycles. The second kappa shape index (κ2) is 9.13. The third kappa shape index (κ3) is 3.98. The van der Waals surface area contributed by atoms with E-state index in [1.54, 1.807) is 30.3 Å². The predicted molar refractivity (Wildman–Crippen MR) is 111 cm³/mol. The molecule has 6 nitrogen and oxygen atoms in total. The summed E-state index contributed by atoms with van der Waals surface area (Å²) in [6.07, 6.45) is 0. The van der Waals surface area contributed by atoms with E-state index >= 15 is 0 Å². The fourth-order valence-electron chi connectivity index (χ4n) is 3.62. The van der Waals surface area contributed by atoms with Gasteiger partial charge in [0, 0.05) is 36.3 Å². The van der Waals surface area contributed by atoms with Crippen LogP contribution < -0.4 is 4.74 Å². The number of phenolic OH excluding ortho intramolecular Hbond substituents is 1. The third-order valence-electron chi connectivity index (χ3n) is 5.14. The highest BCUT2D eigenvalue weighted by molar-refractivity contribution is 6.30. The van der Waals surface area contributed by atoms with Crippen molar-refractivity contribution < 1.29 is 24.2 Å². The molecule has 0 aromatic heterocycles. The first-order chi connectivity index (χ1) is 13.6. The minimum Gasteiger partial charge on any atom is -0.507 e. The quantitative estimate of drug-likeness (QED) is 0.618. The number of benzene rings is 2. The van der Waals surface area contributed by atoms with E-state index in [-0.39, 0.29) is 46.5 Å². The van der Waals surface area contributed by atoms with Crippen LogP contribution in [0.5, 0.6) is 11.5 Å². The predicted octanol–water partition coefficient (Wildman–Crippen LogP) is 3.04. The number of phenols is 1. The van der Waals surface area contributed by atoms with Crippen molar-refractivity contribution in [3.05, 3.63) is 58.1 Å². The Kier molecular flexibility index (Phi) is 6.80. The molecule has 0 atom stereocenters. The minimum atomic E-state index is -0.420. The molecule has 0 bridgehead atoms. The molecule has 154 valence electrons. The number of carbonyl (C=O) groups excluding carboxylic acids is 2. The number of morpholine rings is 1. The van der Waals surface area contributed by atoms with Crippen molar-refractivity contribution in [3.63, 3.8) is 0 Å². The number of halogens is 2. The first kappa shape index (κ1) is 21.6. The Labute approximate surface area is 179 Å². The van der Waals surface area contributed by atoms with Crippen LogP contribution in [0.2, 0.25) is 0 Å². The lowest BCUT2D eigenvalue weighted by Crippen LogP contribution is -2.38. The van der Waals surface area contributed by atoms with Crippen molar-refractivity contribution in [2.75, 3.05) is 39.5 Å². The van der Waals surface area contributed by atoms with Gasteiger partial charge in [-0.15, -0.1) is 24.0 Å². The molecule has 1 aliphatic heterocycles. The fourth-order valence-corrected chi connectivity index (χ4v) is 3.83. The molecule has 2 aromatic rings. The van der Waals surface area contributed by atoms with Crippen molar-refractivity contribution in [2.45, 2.75) is 5.88 Å². The lowest BCUT2D eigenvalue weighted by Gasteiger charge is -2.27. The van der Waals surface area contributed by atoms with Gasteiger partial charge in [-0.05, 0) is 12.1 Å². The van der Waals surface area contributed by atoms with Crippen molar-refractivity contribution in [1.82, 2.24) is 4.90 Å². The molecule has 29 heavy (non-hydrogen) atoms. The molecule has 4 rings (SSSR count). The van der Waals surface area contributed by atoms with Crippen LogP contribution in [0.25, 0.3) is 0 Å². The van der Waals surface area contributed by atoms with Crippen LogP contribution in [0.4, 0.5) is 0 Å². The van der Waals surface area contributed by atoms with E-state index in [9.17, 15) is 14.7 Å². The Hall–Kier alpha value is -2.12. The van der Waals surface area contributed by atoms with E-state index in [4.69, 9.17) is 21.1 Å². The van der Waals surface area contributed by atoms with E-state index < -0.39 is 5.78 Å². The van der Waals surface area contributed by atoms with Gasteiger partial charge in [-0.3, -0.25) is 14.5 Å². The molecule has 1 saturated heterocycles. The van der Waals surface area contributed by atoms with Crippen molar-refractivity contribution in [1.29, 1.82) is 0 Å². The summed E-state index contributed by atoms with van der Waals surface area (Å²) in [5.41, 5.74) is 1.09. The number of hydrogen-bond acceptors (Lipinski definition) is 6. The highest BCUT2D eigenvalue weighted by Crippen LogP contribution is 2.38. The summed E-state index contributed by atoms with van der Waals surface area (Å²) in [5, 5.41) is 10.5. The molecule has 1 heterocycles. The number of ether oxygens (including phenoxy) is 2. The van der Waals surface area contributed by atoms with E-state index in [2.05, 4.69) is 4.90 Å². The molecule has 0 saturated carbocycles. The molecule has 0 spiro atoms. The van der Waals surface area contributed by atoms with Gasteiger partial charge in [-0.2, -0.15) is 0 Å². The largest absolute Gasteiger partial charge is 0.507 e. The van der Waals surface area contributed by atoms with Crippen LogP contribution in [0.1, 0.15) is 37.4 Å². The fraction of sp³-hybridized carbons (Fsp3) is 0.333. The molecule has 1 fully saturated rings. The molecular formula is C21H21Cl2NO5. The maximum atomic E-state index is 13.2. The van der Waals surface area contributed by atoms with Gasteiger partial charge in [0.05, 0.1) is 30.2 Å². The first-order valence-corrected chi connectivity index (χ1v) is 9.71. The van der Waals surface area contributed by atoms with Crippen LogP contribution in [-0.4, -0.2) is 61.0 Å².